The van der Waals surface area contributed by atoms with Gasteiger partial charge in [-0.1, -0.05) is 31.9 Å². The van der Waals surface area contributed by atoms with Gasteiger partial charge in [0.05, 0.1) is 5.69 Å². The number of unbranched alkanes of at least 4 members (excludes halogenated alkanes) is 1. The lowest BCUT2D eigenvalue weighted by Crippen LogP contribution is -2.34. The number of aryl methyl sites for hydroxylation is 1. The molecule has 0 aliphatic carbocycles. The summed E-state index contributed by atoms with van der Waals surface area (Å²) in [6.45, 7) is 5.59. The van der Waals surface area contributed by atoms with Gasteiger partial charge < -0.3 is 5.32 Å². The van der Waals surface area contributed by atoms with Crippen LogP contribution in [0.5, 0.6) is 0 Å². The number of hydrogen-bond donors (Lipinski definition) is 1. The maximum Gasteiger partial charge on any atom is 0.0833 e. The average molecular weight is 238 g/mol. The zero-order chi connectivity index (χ0) is 12.7. The Morgan fingerprint density at radius 1 is 1.41 bits per heavy atom. The molecule has 17 heavy (non-hydrogen) atoms. The standard InChI is InChI=1S/C13H26N4/c1-5-7-8-13(6-2,11-14-3)9-12-10-17(4)16-15-12/h10,14H,5-9,11H2,1-4H3. The fourth-order valence-corrected chi connectivity index (χ4v) is 2.45. The van der Waals surface area contributed by atoms with Crippen LogP contribution < -0.4 is 5.32 Å². The molecule has 0 spiro atoms. The fourth-order valence-electron chi connectivity index (χ4n) is 2.45. The molecule has 0 aliphatic rings. The van der Waals surface area contributed by atoms with Crippen molar-refractivity contribution in [3.63, 3.8) is 0 Å². The van der Waals surface area contributed by atoms with Gasteiger partial charge in [0.2, 0.25) is 0 Å². The van der Waals surface area contributed by atoms with E-state index in [0.717, 1.165) is 18.7 Å². The van der Waals surface area contributed by atoms with E-state index in [1.165, 1.54) is 25.7 Å². The zero-order valence-corrected chi connectivity index (χ0v) is 11.7. The third kappa shape index (κ3) is 4.11. The van der Waals surface area contributed by atoms with Gasteiger partial charge in [0.25, 0.3) is 0 Å². The van der Waals surface area contributed by atoms with E-state index in [4.69, 9.17) is 0 Å². The first-order valence-corrected chi connectivity index (χ1v) is 6.65. The summed E-state index contributed by atoms with van der Waals surface area (Å²) in [7, 11) is 3.96. The molecule has 1 unspecified atom stereocenters. The highest BCUT2D eigenvalue weighted by Gasteiger charge is 2.28. The van der Waals surface area contributed by atoms with Crippen LogP contribution in [-0.4, -0.2) is 28.6 Å². The summed E-state index contributed by atoms with van der Waals surface area (Å²) >= 11 is 0. The second-order valence-electron chi connectivity index (χ2n) is 5.05. The molecule has 0 fully saturated rings. The van der Waals surface area contributed by atoms with E-state index in [1.54, 1.807) is 4.68 Å². The molecule has 0 aliphatic heterocycles. The minimum Gasteiger partial charge on any atom is -0.319 e. The molecule has 98 valence electrons. The predicted molar refractivity (Wildman–Crippen MR) is 70.9 cm³/mol. The van der Waals surface area contributed by atoms with Gasteiger partial charge in [-0.3, -0.25) is 4.68 Å². The Hall–Kier alpha value is -0.900. The number of nitrogens with zero attached hydrogens (tertiary/aromatic N) is 3. The number of hydrogen-bond acceptors (Lipinski definition) is 3. The average Bonchev–Trinajstić information content (AvgIpc) is 2.72. The van der Waals surface area contributed by atoms with E-state index in [-0.39, 0.29) is 0 Å². The van der Waals surface area contributed by atoms with Gasteiger partial charge in [0, 0.05) is 19.8 Å². The van der Waals surface area contributed by atoms with Crippen molar-refractivity contribution in [2.45, 2.75) is 46.0 Å². The van der Waals surface area contributed by atoms with Crippen molar-refractivity contribution in [1.82, 2.24) is 20.3 Å². The summed E-state index contributed by atoms with van der Waals surface area (Å²) in [6.07, 6.45) is 8.05. The number of rotatable bonds is 8. The van der Waals surface area contributed by atoms with Gasteiger partial charge in [-0.2, -0.15) is 0 Å². The predicted octanol–water partition coefficient (Wildman–Crippen LogP) is 2.16. The first kappa shape index (κ1) is 14.2. The minimum absolute atomic E-state index is 0.334. The van der Waals surface area contributed by atoms with Gasteiger partial charge in [-0.15, -0.1) is 5.10 Å². The van der Waals surface area contributed by atoms with Gasteiger partial charge >= 0.3 is 0 Å². The Bertz CT molecular complexity index is 321. The fraction of sp³-hybridized carbons (Fsp3) is 0.846. The highest BCUT2D eigenvalue weighted by Crippen LogP contribution is 2.31. The second kappa shape index (κ2) is 6.74. The minimum atomic E-state index is 0.334. The van der Waals surface area contributed by atoms with E-state index in [1.807, 2.05) is 20.3 Å². The van der Waals surface area contributed by atoms with Crippen molar-refractivity contribution >= 4 is 0 Å². The van der Waals surface area contributed by atoms with Crippen molar-refractivity contribution in [3.8, 4) is 0 Å². The molecule has 0 saturated heterocycles. The summed E-state index contributed by atoms with van der Waals surface area (Å²) in [6, 6.07) is 0. The lowest BCUT2D eigenvalue weighted by molar-refractivity contribution is 0.232. The molecule has 0 bridgehead atoms. The summed E-state index contributed by atoms with van der Waals surface area (Å²) in [5.74, 6) is 0. The quantitative estimate of drug-likeness (QED) is 0.754. The molecule has 1 heterocycles. The molecule has 1 atom stereocenters. The molecule has 1 aromatic rings. The maximum absolute atomic E-state index is 4.22. The van der Waals surface area contributed by atoms with E-state index in [0.29, 0.717) is 5.41 Å². The van der Waals surface area contributed by atoms with Gasteiger partial charge in [-0.05, 0) is 31.7 Å². The summed E-state index contributed by atoms with van der Waals surface area (Å²) in [4.78, 5) is 0. The van der Waals surface area contributed by atoms with Gasteiger partial charge in [0.15, 0.2) is 0 Å². The summed E-state index contributed by atoms with van der Waals surface area (Å²) in [5, 5.41) is 11.6. The molecule has 4 nitrogen and oxygen atoms in total. The van der Waals surface area contributed by atoms with Gasteiger partial charge in [0.1, 0.15) is 0 Å². The normalized spacial score (nSPS) is 14.8. The highest BCUT2D eigenvalue weighted by atomic mass is 15.4. The van der Waals surface area contributed by atoms with Crippen LogP contribution in [0.15, 0.2) is 6.20 Å². The number of nitrogens with one attached hydrogen (secondary N) is 1. The molecule has 0 saturated carbocycles. The van der Waals surface area contributed by atoms with E-state index in [9.17, 15) is 0 Å². The molecule has 0 aromatic carbocycles. The molecule has 0 radical (unpaired) electrons. The summed E-state index contributed by atoms with van der Waals surface area (Å²) < 4.78 is 1.79. The topological polar surface area (TPSA) is 42.7 Å². The Morgan fingerprint density at radius 2 is 2.18 bits per heavy atom. The Balaban J connectivity index is 2.73. The summed E-state index contributed by atoms with van der Waals surface area (Å²) in [5.41, 5.74) is 1.45. The van der Waals surface area contributed by atoms with Crippen molar-refractivity contribution in [3.05, 3.63) is 11.9 Å². The van der Waals surface area contributed by atoms with Crippen LogP contribution in [0.2, 0.25) is 0 Å². The Morgan fingerprint density at radius 3 is 2.65 bits per heavy atom. The molecule has 4 heteroatoms. The van der Waals surface area contributed by atoms with Crippen LogP contribution in [0, 0.1) is 5.41 Å². The van der Waals surface area contributed by atoms with Crippen LogP contribution in [0.3, 0.4) is 0 Å². The SMILES string of the molecule is CCCCC(CC)(CNC)Cc1cn(C)nn1. The van der Waals surface area contributed by atoms with Crippen LogP contribution in [-0.2, 0) is 13.5 Å². The van der Waals surface area contributed by atoms with Crippen molar-refractivity contribution in [2.24, 2.45) is 12.5 Å². The number of aromatic nitrogens is 3. The second-order valence-corrected chi connectivity index (χ2v) is 5.05. The van der Waals surface area contributed by atoms with Crippen LogP contribution in [0.1, 0.15) is 45.2 Å². The van der Waals surface area contributed by atoms with E-state index in [2.05, 4.69) is 29.5 Å². The molecular weight excluding hydrogens is 212 g/mol. The first-order chi connectivity index (χ1) is 8.15. The van der Waals surface area contributed by atoms with Crippen LogP contribution >= 0.6 is 0 Å². The largest absolute Gasteiger partial charge is 0.319 e. The molecule has 1 rings (SSSR count). The highest BCUT2D eigenvalue weighted by molar-refractivity contribution is 4.99. The first-order valence-electron chi connectivity index (χ1n) is 6.65. The Labute approximate surface area is 105 Å². The molecular formula is C13H26N4. The third-order valence-corrected chi connectivity index (χ3v) is 3.57. The van der Waals surface area contributed by atoms with E-state index < -0.39 is 0 Å². The van der Waals surface area contributed by atoms with Crippen LogP contribution in [0.4, 0.5) is 0 Å². The van der Waals surface area contributed by atoms with Crippen LogP contribution in [0.25, 0.3) is 0 Å². The monoisotopic (exact) mass is 238 g/mol. The molecule has 1 aromatic heterocycles. The van der Waals surface area contributed by atoms with Crippen molar-refractivity contribution < 1.29 is 0 Å². The zero-order valence-electron chi connectivity index (χ0n) is 11.7. The Kier molecular flexibility index (Phi) is 5.62. The maximum atomic E-state index is 4.22. The smallest absolute Gasteiger partial charge is 0.0833 e. The molecule has 1 N–H and O–H groups in total. The lowest BCUT2D eigenvalue weighted by atomic mass is 9.76. The van der Waals surface area contributed by atoms with Gasteiger partial charge in [-0.25, -0.2) is 0 Å². The van der Waals surface area contributed by atoms with E-state index >= 15 is 0 Å². The van der Waals surface area contributed by atoms with Crippen molar-refractivity contribution in [2.75, 3.05) is 13.6 Å². The lowest BCUT2D eigenvalue weighted by Gasteiger charge is -2.32. The molecule has 0 amide bonds. The van der Waals surface area contributed by atoms with Crippen molar-refractivity contribution in [1.29, 1.82) is 0 Å². The third-order valence-electron chi connectivity index (χ3n) is 3.57.